The van der Waals surface area contributed by atoms with Gasteiger partial charge in [0.1, 0.15) is 17.9 Å². The number of H-pyrrole nitrogens is 1. The van der Waals surface area contributed by atoms with E-state index in [0.29, 0.717) is 11.0 Å². The summed E-state index contributed by atoms with van der Waals surface area (Å²) in [6.45, 7) is -3.13. The lowest BCUT2D eigenvalue weighted by Gasteiger charge is -2.25. The molecule has 1 aliphatic heterocycles. The fourth-order valence-corrected chi connectivity index (χ4v) is 4.54. The summed E-state index contributed by atoms with van der Waals surface area (Å²) in [5.74, 6) is -0.325. The number of carbonyl (C=O) groups excluding carboxylic acids is 1. The van der Waals surface area contributed by atoms with Crippen LogP contribution in [0.4, 0.5) is 22.4 Å². The van der Waals surface area contributed by atoms with Gasteiger partial charge in [0.25, 0.3) is 6.43 Å². The van der Waals surface area contributed by atoms with Crippen molar-refractivity contribution in [1.82, 2.24) is 29.4 Å². The molecule has 1 aliphatic rings. The molecule has 4 aromatic rings. The lowest BCUT2D eigenvalue weighted by atomic mass is 10.0. The van der Waals surface area contributed by atoms with Crippen LogP contribution in [0.15, 0.2) is 23.7 Å². The predicted octanol–water partition coefficient (Wildman–Crippen LogP) is 4.21. The van der Waals surface area contributed by atoms with Crippen LogP contribution in [0.3, 0.4) is 0 Å². The van der Waals surface area contributed by atoms with E-state index in [2.05, 4.69) is 34.2 Å². The Morgan fingerprint density at radius 3 is 2.91 bits per heavy atom. The van der Waals surface area contributed by atoms with Gasteiger partial charge in [0.15, 0.2) is 0 Å². The van der Waals surface area contributed by atoms with Crippen LogP contribution >= 0.6 is 11.5 Å². The van der Waals surface area contributed by atoms with Crippen molar-refractivity contribution in [2.75, 3.05) is 13.7 Å². The van der Waals surface area contributed by atoms with E-state index in [-0.39, 0.29) is 47.3 Å². The van der Waals surface area contributed by atoms with E-state index in [9.17, 15) is 22.4 Å². The molecule has 1 atom stereocenters. The number of nitrogens with zero attached hydrogens (tertiary/aromatic N) is 4. The number of pyridine rings is 1. The Balaban J connectivity index is 1.69. The fourth-order valence-electron chi connectivity index (χ4n) is 3.93. The van der Waals surface area contributed by atoms with Gasteiger partial charge in [0, 0.05) is 22.5 Å². The number of hydrogen-bond donors (Lipinski definition) is 2. The second kappa shape index (κ2) is 9.05. The number of alkyl halides is 4. The lowest BCUT2D eigenvalue weighted by Crippen LogP contribution is -2.44. The van der Waals surface area contributed by atoms with Gasteiger partial charge in [-0.05, 0) is 23.7 Å². The number of halogens is 4. The number of methoxy groups -OCH3 is 1. The van der Waals surface area contributed by atoms with Crippen molar-refractivity contribution in [2.24, 2.45) is 0 Å². The molecule has 0 radical (unpaired) electrons. The quantitative estimate of drug-likeness (QED) is 0.372. The third kappa shape index (κ3) is 4.11. The molecule has 1 amide bonds. The Kier molecular flexibility index (Phi) is 5.92. The summed E-state index contributed by atoms with van der Waals surface area (Å²) in [7, 11) is 1.20. The van der Waals surface area contributed by atoms with Crippen molar-refractivity contribution in [1.29, 1.82) is 0 Å². The smallest absolute Gasteiger partial charge is 0.407 e. The van der Waals surface area contributed by atoms with Crippen LogP contribution in [0.2, 0.25) is 0 Å². The highest BCUT2D eigenvalue weighted by Crippen LogP contribution is 2.48. The minimum Gasteiger partial charge on any atom is -0.475 e. The molecule has 5 heterocycles. The second-order valence-corrected chi connectivity index (χ2v) is 8.01. The average Bonchev–Trinajstić information content (AvgIpc) is 3.52. The topological polar surface area (TPSA) is 116 Å². The number of fused-ring (bicyclic) bond motifs is 2. The number of aromatic nitrogens is 5. The first-order chi connectivity index (χ1) is 16.9. The molecule has 15 heteroatoms. The van der Waals surface area contributed by atoms with E-state index in [1.807, 2.05) is 0 Å². The molecule has 5 rings (SSSR count). The van der Waals surface area contributed by atoms with E-state index in [4.69, 9.17) is 4.74 Å². The highest BCUT2D eigenvalue weighted by atomic mass is 32.1. The standard InChI is InChI=1S/C20H16F4N6O4S/c1-32-20(31)26-8-5-30-18(33-6-8)12(14(28-30)15(21)22)13-11(9-3-2-4-25-16(9)27-13)10-7-35-29-17(10)34-19(23)24/h2-4,7-8,15,19H,5-6H2,1H3,(H,25,27)(H,26,31)/t8-/m0/s1. The predicted molar refractivity (Wildman–Crippen MR) is 115 cm³/mol. The first kappa shape index (κ1) is 22.9. The van der Waals surface area contributed by atoms with E-state index in [1.54, 1.807) is 12.1 Å². The summed E-state index contributed by atoms with van der Waals surface area (Å²) < 4.78 is 74.3. The zero-order valence-electron chi connectivity index (χ0n) is 17.8. The minimum atomic E-state index is -3.13. The molecule has 0 aromatic carbocycles. The van der Waals surface area contributed by atoms with Gasteiger partial charge in [-0.3, -0.25) is 0 Å². The number of rotatable bonds is 6. The van der Waals surface area contributed by atoms with Gasteiger partial charge >= 0.3 is 12.7 Å². The van der Waals surface area contributed by atoms with Crippen LogP contribution in [-0.2, 0) is 11.3 Å². The van der Waals surface area contributed by atoms with Crippen LogP contribution in [0.5, 0.6) is 11.8 Å². The van der Waals surface area contributed by atoms with Crippen molar-refractivity contribution in [3.05, 3.63) is 29.4 Å². The summed E-state index contributed by atoms with van der Waals surface area (Å²) in [5, 5.41) is 8.51. The van der Waals surface area contributed by atoms with Gasteiger partial charge in [0.05, 0.1) is 36.5 Å². The number of amides is 1. The minimum absolute atomic E-state index is 0.0236. The van der Waals surface area contributed by atoms with Gasteiger partial charge in [0.2, 0.25) is 11.8 Å². The van der Waals surface area contributed by atoms with Crippen LogP contribution < -0.4 is 14.8 Å². The van der Waals surface area contributed by atoms with Crippen LogP contribution in [0.25, 0.3) is 33.4 Å². The highest BCUT2D eigenvalue weighted by Gasteiger charge is 2.35. The van der Waals surface area contributed by atoms with Crippen molar-refractivity contribution < 1.29 is 36.6 Å². The zero-order valence-corrected chi connectivity index (χ0v) is 18.6. The summed E-state index contributed by atoms with van der Waals surface area (Å²) >= 11 is 0.873. The molecule has 35 heavy (non-hydrogen) atoms. The molecule has 0 spiro atoms. The molecule has 0 fully saturated rings. The molecule has 2 N–H and O–H groups in total. The highest BCUT2D eigenvalue weighted by molar-refractivity contribution is 7.04. The van der Waals surface area contributed by atoms with Crippen molar-refractivity contribution >= 4 is 28.7 Å². The van der Waals surface area contributed by atoms with Crippen LogP contribution in [-0.4, -0.2) is 56.6 Å². The average molecular weight is 512 g/mol. The summed E-state index contributed by atoms with van der Waals surface area (Å²) in [5.41, 5.74) is 0.269. The van der Waals surface area contributed by atoms with Crippen LogP contribution in [0, 0.1) is 0 Å². The number of hydrogen-bond acceptors (Lipinski definition) is 8. The van der Waals surface area contributed by atoms with E-state index >= 15 is 0 Å². The summed E-state index contributed by atoms with van der Waals surface area (Å²) in [6, 6.07) is 2.71. The molecule has 0 unspecified atom stereocenters. The molecule has 0 bridgehead atoms. The van der Waals surface area contributed by atoms with Gasteiger partial charge in [-0.1, -0.05) is 0 Å². The SMILES string of the molecule is COC(=O)N[C@@H]1COc2c(-c3[nH]c4ncccc4c3-c3csnc3OC(F)F)c(C(F)F)nn2C1. The molecule has 10 nitrogen and oxygen atoms in total. The van der Waals surface area contributed by atoms with Gasteiger partial charge in [-0.2, -0.15) is 18.3 Å². The number of carbonyl (C=O) groups is 1. The zero-order chi connectivity index (χ0) is 24.7. The Morgan fingerprint density at radius 1 is 1.34 bits per heavy atom. The number of nitrogens with one attached hydrogen (secondary N) is 2. The second-order valence-electron chi connectivity index (χ2n) is 7.38. The monoisotopic (exact) mass is 512 g/mol. The maximum Gasteiger partial charge on any atom is 0.407 e. The maximum atomic E-state index is 14.2. The summed E-state index contributed by atoms with van der Waals surface area (Å²) in [6.07, 6.45) is -2.21. The molecule has 0 saturated carbocycles. The Hall–Kier alpha value is -3.88. The van der Waals surface area contributed by atoms with E-state index in [0.717, 1.165) is 11.5 Å². The van der Waals surface area contributed by atoms with E-state index in [1.165, 1.54) is 23.4 Å². The van der Waals surface area contributed by atoms with Gasteiger partial charge < -0.3 is 24.5 Å². The van der Waals surface area contributed by atoms with Crippen LogP contribution in [0.1, 0.15) is 12.1 Å². The first-order valence-electron chi connectivity index (χ1n) is 10.1. The largest absolute Gasteiger partial charge is 0.475 e. The summed E-state index contributed by atoms with van der Waals surface area (Å²) in [4.78, 5) is 18.8. The third-order valence-corrected chi connectivity index (χ3v) is 5.90. The molecule has 4 aromatic heterocycles. The molecule has 184 valence electrons. The normalized spacial score (nSPS) is 15.3. The van der Waals surface area contributed by atoms with E-state index < -0.39 is 30.9 Å². The van der Waals surface area contributed by atoms with Crippen molar-refractivity contribution in [3.8, 4) is 34.1 Å². The molecule has 0 saturated heterocycles. The number of ether oxygens (including phenoxy) is 3. The number of aromatic amines is 1. The fraction of sp³-hybridized carbons (Fsp3) is 0.300. The Labute approximate surface area is 198 Å². The van der Waals surface area contributed by atoms with Gasteiger partial charge in [-0.15, -0.1) is 0 Å². The van der Waals surface area contributed by atoms with Gasteiger partial charge in [-0.25, -0.2) is 23.2 Å². The third-order valence-electron chi connectivity index (χ3n) is 5.29. The Morgan fingerprint density at radius 2 is 2.17 bits per heavy atom. The number of alkyl carbamates (subject to hydrolysis) is 1. The molecular formula is C20H16F4N6O4S. The lowest BCUT2D eigenvalue weighted by molar-refractivity contribution is -0.0518. The Bertz CT molecular complexity index is 1390. The first-order valence-corrected chi connectivity index (χ1v) is 10.9. The maximum absolute atomic E-state index is 14.2. The van der Waals surface area contributed by atoms with Crippen molar-refractivity contribution in [3.63, 3.8) is 0 Å². The van der Waals surface area contributed by atoms with Crippen molar-refractivity contribution in [2.45, 2.75) is 25.6 Å². The molecular weight excluding hydrogens is 496 g/mol. The molecule has 0 aliphatic carbocycles.